The summed E-state index contributed by atoms with van der Waals surface area (Å²) >= 11 is 0. The van der Waals surface area contributed by atoms with Crippen molar-refractivity contribution in [2.75, 3.05) is 0 Å². The molecule has 0 aromatic carbocycles. The van der Waals surface area contributed by atoms with E-state index in [0.29, 0.717) is 17.8 Å². The largest absolute Gasteiger partial charge is 0.0946 e. The molecule has 212 valence electrons. The van der Waals surface area contributed by atoms with Crippen LogP contribution >= 0.6 is 0 Å². The number of hydrogen-bond acceptors (Lipinski definition) is 0. The Balaban J connectivity index is 2.34. The average Bonchev–Trinajstić information content (AvgIpc) is 3.29. The van der Waals surface area contributed by atoms with Crippen LogP contribution in [0.2, 0.25) is 0 Å². The topological polar surface area (TPSA) is 0 Å². The molecule has 3 unspecified atom stereocenters. The van der Waals surface area contributed by atoms with E-state index < -0.39 is 0 Å². The number of hydrogen-bond donors (Lipinski definition) is 0. The maximum atomic E-state index is 4.94. The van der Waals surface area contributed by atoms with E-state index in [9.17, 15) is 0 Å². The molecule has 0 aliphatic heterocycles. The molecule has 3 atom stereocenters. The Labute approximate surface area is 237 Å². The fraction of sp³-hybridized carbons (Fsp3) is 0.684. The smallest absolute Gasteiger partial charge is 0.0130 e. The van der Waals surface area contributed by atoms with Crippen molar-refractivity contribution >= 4 is 0 Å². The molecule has 0 heteroatoms. The van der Waals surface area contributed by atoms with Crippen LogP contribution in [-0.4, -0.2) is 0 Å². The van der Waals surface area contributed by atoms with Gasteiger partial charge in [-0.25, -0.2) is 0 Å². The van der Waals surface area contributed by atoms with Crippen molar-refractivity contribution in [3.8, 4) is 0 Å². The predicted molar refractivity (Wildman–Crippen MR) is 170 cm³/mol. The summed E-state index contributed by atoms with van der Waals surface area (Å²) < 4.78 is 0. The van der Waals surface area contributed by atoms with Gasteiger partial charge in [0.1, 0.15) is 0 Å². The zero-order chi connectivity index (χ0) is 29.7. The molecule has 3 aliphatic carbocycles. The van der Waals surface area contributed by atoms with E-state index in [1.165, 1.54) is 44.6 Å². The van der Waals surface area contributed by atoms with Gasteiger partial charge in [0.25, 0.3) is 0 Å². The molecule has 0 spiro atoms. The summed E-state index contributed by atoms with van der Waals surface area (Å²) in [5, 5.41) is 0. The van der Waals surface area contributed by atoms with Gasteiger partial charge in [-0.05, 0) is 112 Å². The monoisotopic (exact) mass is 516 g/mol. The van der Waals surface area contributed by atoms with Crippen molar-refractivity contribution in [2.24, 2.45) is 44.8 Å². The van der Waals surface area contributed by atoms with Crippen LogP contribution in [0.4, 0.5) is 0 Å². The van der Waals surface area contributed by atoms with Crippen molar-refractivity contribution < 1.29 is 0 Å². The first-order chi connectivity index (χ1) is 16.9. The summed E-state index contributed by atoms with van der Waals surface area (Å²) in [5.41, 5.74) is 15.3. The maximum absolute atomic E-state index is 4.94. The van der Waals surface area contributed by atoms with E-state index in [-0.39, 0.29) is 27.1 Å². The van der Waals surface area contributed by atoms with E-state index in [1.54, 1.807) is 11.1 Å². The summed E-state index contributed by atoms with van der Waals surface area (Å²) in [6.07, 6.45) is 1.06. The van der Waals surface area contributed by atoms with Crippen LogP contribution in [0.25, 0.3) is 0 Å². The van der Waals surface area contributed by atoms with Gasteiger partial charge < -0.3 is 0 Å². The fourth-order valence-corrected chi connectivity index (χ4v) is 7.78. The zero-order valence-corrected chi connectivity index (χ0v) is 28.4. The van der Waals surface area contributed by atoms with Crippen LogP contribution in [-0.2, 0) is 0 Å². The Morgan fingerprint density at radius 3 is 1.58 bits per heavy atom. The lowest BCUT2D eigenvalue weighted by Gasteiger charge is -2.54. The summed E-state index contributed by atoms with van der Waals surface area (Å²) in [6, 6.07) is 0. The van der Waals surface area contributed by atoms with Crippen molar-refractivity contribution in [3.63, 3.8) is 0 Å². The maximum Gasteiger partial charge on any atom is 0.0130 e. The minimum absolute atomic E-state index is 0.0388. The quantitative estimate of drug-likeness (QED) is 0.341. The lowest BCUT2D eigenvalue weighted by atomic mass is 9.50. The Bertz CT molecular complexity index is 1190. The number of allylic oxidation sites excluding steroid dienone is 10. The first kappa shape index (κ1) is 31.0. The predicted octanol–water partition coefficient (Wildman–Crippen LogP) is 11.8. The van der Waals surface area contributed by atoms with Gasteiger partial charge in [0.15, 0.2) is 0 Å². The van der Waals surface area contributed by atoms with Gasteiger partial charge in [-0.3, -0.25) is 0 Å². The lowest BCUT2D eigenvalue weighted by Crippen LogP contribution is -2.47. The number of fused-ring (bicyclic) bond motifs is 1. The first-order valence-electron chi connectivity index (χ1n) is 15.1. The summed E-state index contributed by atoms with van der Waals surface area (Å²) in [6.45, 7) is 51.0. The Kier molecular flexibility index (Phi) is 7.32. The summed E-state index contributed by atoms with van der Waals surface area (Å²) in [5.74, 6) is 1.09. The third-order valence-electron chi connectivity index (χ3n) is 13.2. The molecule has 38 heavy (non-hydrogen) atoms. The third kappa shape index (κ3) is 4.06. The SMILES string of the molecule is C=C1C2=C(C)C(C(C)(C)C(C)(C)C(C)(C)C)C(=C)C2=C(C2=C(C)C(C)=C(C)C2)C1C(C)C(C)(C)C(C)(C)C. The first-order valence-corrected chi connectivity index (χ1v) is 15.1. The van der Waals surface area contributed by atoms with Gasteiger partial charge in [-0.15, -0.1) is 0 Å². The molecule has 0 fully saturated rings. The highest BCUT2D eigenvalue weighted by Crippen LogP contribution is 2.67. The van der Waals surface area contributed by atoms with Gasteiger partial charge >= 0.3 is 0 Å². The molecule has 3 aliphatic rings. The van der Waals surface area contributed by atoms with Crippen LogP contribution in [0.1, 0.15) is 124 Å². The molecule has 0 aromatic rings. The molecule has 0 heterocycles. The van der Waals surface area contributed by atoms with Crippen molar-refractivity contribution in [1.29, 1.82) is 0 Å². The van der Waals surface area contributed by atoms with Crippen LogP contribution in [0.15, 0.2) is 68.9 Å². The van der Waals surface area contributed by atoms with E-state index in [4.69, 9.17) is 13.2 Å². The molecule has 0 saturated carbocycles. The second-order valence-corrected chi connectivity index (χ2v) is 16.9. The minimum Gasteiger partial charge on any atom is -0.0946 e. The Morgan fingerprint density at radius 1 is 0.684 bits per heavy atom. The van der Waals surface area contributed by atoms with Crippen molar-refractivity contribution in [2.45, 2.75) is 124 Å². The molecule has 0 aromatic heterocycles. The number of rotatable bonds is 5. The second kappa shape index (κ2) is 8.97. The Hall–Kier alpha value is -1.56. The highest BCUT2D eigenvalue weighted by atomic mass is 14.6. The molecular formula is C38H60. The van der Waals surface area contributed by atoms with Gasteiger partial charge in [-0.1, -0.05) is 114 Å². The van der Waals surface area contributed by atoms with Crippen LogP contribution < -0.4 is 0 Å². The second-order valence-electron chi connectivity index (χ2n) is 16.9. The standard InChI is InChI=1S/C38H60/c1-21-20-28(23(3)22(21)2)32-30(27(7)36(14,15)34(8,9)10)24(4)29-25(5)33(26(6)31(29)32)37(16,17)38(18,19)35(11,12)13/h27,30,33H,4,6,20H2,1-3,5,7-19H3. The van der Waals surface area contributed by atoms with Crippen LogP contribution in [0, 0.1) is 44.8 Å². The van der Waals surface area contributed by atoms with Gasteiger partial charge in [0, 0.05) is 11.8 Å². The van der Waals surface area contributed by atoms with Gasteiger partial charge in [0.05, 0.1) is 0 Å². The minimum atomic E-state index is 0.0388. The molecule has 0 nitrogen and oxygen atoms in total. The van der Waals surface area contributed by atoms with Crippen molar-refractivity contribution in [1.82, 2.24) is 0 Å². The van der Waals surface area contributed by atoms with E-state index in [0.717, 1.165) is 6.42 Å². The molecule has 0 N–H and O–H groups in total. The molecular weight excluding hydrogens is 456 g/mol. The van der Waals surface area contributed by atoms with Crippen LogP contribution in [0.5, 0.6) is 0 Å². The molecule has 0 bridgehead atoms. The van der Waals surface area contributed by atoms with Crippen molar-refractivity contribution in [3.05, 3.63) is 68.9 Å². The van der Waals surface area contributed by atoms with Gasteiger partial charge in [-0.2, -0.15) is 0 Å². The molecule has 0 radical (unpaired) electrons. The molecule has 3 rings (SSSR count). The van der Waals surface area contributed by atoms with E-state index >= 15 is 0 Å². The van der Waals surface area contributed by atoms with Gasteiger partial charge in [0.2, 0.25) is 0 Å². The molecule has 0 saturated heterocycles. The normalized spacial score (nSPS) is 25.0. The Morgan fingerprint density at radius 2 is 1.18 bits per heavy atom. The average molecular weight is 517 g/mol. The highest BCUT2D eigenvalue weighted by molar-refractivity contribution is 5.77. The van der Waals surface area contributed by atoms with E-state index in [1.807, 2.05) is 0 Å². The summed E-state index contributed by atoms with van der Waals surface area (Å²) in [7, 11) is 0. The highest BCUT2D eigenvalue weighted by Gasteiger charge is 2.56. The zero-order valence-electron chi connectivity index (χ0n) is 28.4. The van der Waals surface area contributed by atoms with E-state index in [2.05, 4.69) is 118 Å². The third-order valence-corrected chi connectivity index (χ3v) is 13.2. The fourth-order valence-electron chi connectivity index (χ4n) is 7.78. The molecule has 0 amide bonds. The lowest BCUT2D eigenvalue weighted by molar-refractivity contribution is -0.0282. The van der Waals surface area contributed by atoms with Crippen LogP contribution in [0.3, 0.4) is 0 Å². The summed E-state index contributed by atoms with van der Waals surface area (Å²) in [4.78, 5) is 0.